The van der Waals surface area contributed by atoms with E-state index in [0.29, 0.717) is 0 Å². The molecule has 0 aliphatic rings. The molecule has 0 saturated carbocycles. The van der Waals surface area contributed by atoms with E-state index in [1.54, 1.807) is 0 Å². The number of hydrogen-bond donors (Lipinski definition) is 0. The fourth-order valence-electron chi connectivity index (χ4n) is 1.56. The lowest BCUT2D eigenvalue weighted by Gasteiger charge is -2.03. The quantitative estimate of drug-likeness (QED) is 0.577. The third-order valence-electron chi connectivity index (χ3n) is 2.22. The first kappa shape index (κ1) is 7.35. The molecule has 2 heteroatoms. The summed E-state index contributed by atoms with van der Waals surface area (Å²) in [6, 6.07) is 4.23. The van der Waals surface area contributed by atoms with Crippen molar-refractivity contribution < 1.29 is 0 Å². The summed E-state index contributed by atoms with van der Waals surface area (Å²) >= 11 is 0. The number of aromatic nitrogens is 2. The second kappa shape index (κ2) is 2.34. The minimum atomic E-state index is 1.08. The first-order valence-corrected chi connectivity index (χ1v) is 4.10. The summed E-state index contributed by atoms with van der Waals surface area (Å²) < 4.78 is 2.18. The van der Waals surface area contributed by atoms with Gasteiger partial charge >= 0.3 is 0 Å². The molecule has 2 aromatic rings. The number of hydrogen-bond acceptors (Lipinski definition) is 1. The summed E-state index contributed by atoms with van der Waals surface area (Å²) in [5.41, 5.74) is 4.75. The highest BCUT2D eigenvalue weighted by molar-refractivity contribution is 5.49. The topological polar surface area (TPSA) is 17.3 Å². The van der Waals surface area contributed by atoms with Crippen LogP contribution in [0, 0.1) is 20.8 Å². The first-order chi connectivity index (χ1) is 5.70. The van der Waals surface area contributed by atoms with E-state index >= 15 is 0 Å². The Morgan fingerprint density at radius 1 is 1.08 bits per heavy atom. The lowest BCUT2D eigenvalue weighted by molar-refractivity contribution is 1.03. The molecule has 0 amide bonds. The van der Waals surface area contributed by atoms with Crippen molar-refractivity contribution in [3.8, 4) is 0 Å². The second-order valence-corrected chi connectivity index (χ2v) is 3.22. The molecule has 2 heterocycles. The SMILES string of the molecule is Cc1ccc(C)n2c(C)cnc12. The Morgan fingerprint density at radius 3 is 2.50 bits per heavy atom. The Hall–Kier alpha value is -1.31. The van der Waals surface area contributed by atoms with Gasteiger partial charge in [0.05, 0.1) is 0 Å². The molecule has 0 N–H and O–H groups in total. The van der Waals surface area contributed by atoms with E-state index in [1.165, 1.54) is 17.0 Å². The molecule has 0 aliphatic heterocycles. The fraction of sp³-hybridized carbons (Fsp3) is 0.300. The van der Waals surface area contributed by atoms with Gasteiger partial charge in [-0.2, -0.15) is 0 Å². The minimum absolute atomic E-state index is 1.08. The average Bonchev–Trinajstić information content (AvgIpc) is 2.42. The molecule has 12 heavy (non-hydrogen) atoms. The van der Waals surface area contributed by atoms with Gasteiger partial charge in [-0.15, -0.1) is 0 Å². The molecule has 2 nitrogen and oxygen atoms in total. The van der Waals surface area contributed by atoms with E-state index < -0.39 is 0 Å². The Labute approximate surface area is 71.9 Å². The highest BCUT2D eigenvalue weighted by Crippen LogP contribution is 2.13. The smallest absolute Gasteiger partial charge is 0.140 e. The molecule has 62 valence electrons. The molecule has 0 aliphatic carbocycles. The molecule has 2 aromatic heterocycles. The van der Waals surface area contributed by atoms with Crippen LogP contribution in [-0.4, -0.2) is 9.38 Å². The van der Waals surface area contributed by atoms with Crippen LogP contribution in [0.2, 0.25) is 0 Å². The van der Waals surface area contributed by atoms with Gasteiger partial charge in [-0.25, -0.2) is 4.98 Å². The van der Waals surface area contributed by atoms with Crippen LogP contribution in [0.1, 0.15) is 17.0 Å². The van der Waals surface area contributed by atoms with Crippen molar-refractivity contribution in [2.75, 3.05) is 0 Å². The van der Waals surface area contributed by atoms with Crippen molar-refractivity contribution in [1.29, 1.82) is 0 Å². The van der Waals surface area contributed by atoms with E-state index in [4.69, 9.17) is 0 Å². The minimum Gasteiger partial charge on any atom is -0.301 e. The summed E-state index contributed by atoms with van der Waals surface area (Å²) in [6.45, 7) is 6.26. The molecule has 0 fully saturated rings. The molecule has 0 unspecified atom stereocenters. The number of nitrogens with zero attached hydrogens (tertiary/aromatic N) is 2. The highest BCUT2D eigenvalue weighted by Gasteiger charge is 2.02. The van der Waals surface area contributed by atoms with Crippen LogP contribution in [0.25, 0.3) is 5.65 Å². The maximum atomic E-state index is 4.34. The monoisotopic (exact) mass is 160 g/mol. The van der Waals surface area contributed by atoms with Crippen molar-refractivity contribution in [3.63, 3.8) is 0 Å². The van der Waals surface area contributed by atoms with Crippen LogP contribution >= 0.6 is 0 Å². The van der Waals surface area contributed by atoms with Crippen molar-refractivity contribution in [3.05, 3.63) is 35.3 Å². The number of rotatable bonds is 0. The van der Waals surface area contributed by atoms with Gasteiger partial charge < -0.3 is 4.40 Å². The molecule has 2 rings (SSSR count). The van der Waals surface area contributed by atoms with Gasteiger partial charge in [0.2, 0.25) is 0 Å². The second-order valence-electron chi connectivity index (χ2n) is 3.22. The van der Waals surface area contributed by atoms with Gasteiger partial charge in [-0.05, 0) is 32.4 Å². The van der Waals surface area contributed by atoms with Gasteiger partial charge in [-0.3, -0.25) is 0 Å². The molecule has 0 bridgehead atoms. The standard InChI is InChI=1S/C10H12N2/c1-7-4-5-8(2)12-9(3)6-11-10(7)12/h4-6H,1-3H3. The van der Waals surface area contributed by atoms with E-state index in [1.807, 2.05) is 6.20 Å². The van der Waals surface area contributed by atoms with Gasteiger partial charge in [0.1, 0.15) is 5.65 Å². The van der Waals surface area contributed by atoms with Crippen LogP contribution in [0.15, 0.2) is 18.3 Å². The molecule has 0 radical (unpaired) electrons. The van der Waals surface area contributed by atoms with Gasteiger partial charge in [0.15, 0.2) is 0 Å². The summed E-state index contributed by atoms with van der Waals surface area (Å²) in [5.74, 6) is 0. The lowest BCUT2D eigenvalue weighted by Crippen LogP contribution is -1.94. The van der Waals surface area contributed by atoms with E-state index in [-0.39, 0.29) is 0 Å². The molecule has 0 aromatic carbocycles. The van der Waals surface area contributed by atoms with Crippen LogP contribution < -0.4 is 0 Å². The Morgan fingerprint density at radius 2 is 1.83 bits per heavy atom. The van der Waals surface area contributed by atoms with Crippen LogP contribution in [0.5, 0.6) is 0 Å². The Kier molecular flexibility index (Phi) is 1.43. The van der Waals surface area contributed by atoms with Crippen molar-refractivity contribution >= 4 is 5.65 Å². The Balaban J connectivity index is 2.98. The van der Waals surface area contributed by atoms with Gasteiger partial charge in [-0.1, -0.05) is 6.07 Å². The summed E-state index contributed by atoms with van der Waals surface area (Å²) in [4.78, 5) is 4.34. The van der Waals surface area contributed by atoms with E-state index in [0.717, 1.165) is 5.65 Å². The van der Waals surface area contributed by atoms with Gasteiger partial charge in [0, 0.05) is 17.6 Å². The normalized spacial score (nSPS) is 10.9. The number of aryl methyl sites for hydroxylation is 3. The summed E-state index contributed by atoms with van der Waals surface area (Å²) in [5, 5.41) is 0. The fourth-order valence-corrected chi connectivity index (χ4v) is 1.56. The predicted octanol–water partition coefficient (Wildman–Crippen LogP) is 2.26. The number of imidazole rings is 1. The Bertz CT molecular complexity index is 427. The van der Waals surface area contributed by atoms with E-state index in [9.17, 15) is 0 Å². The first-order valence-electron chi connectivity index (χ1n) is 4.10. The lowest BCUT2D eigenvalue weighted by atomic mass is 10.2. The van der Waals surface area contributed by atoms with Gasteiger partial charge in [0.25, 0.3) is 0 Å². The summed E-state index contributed by atoms with van der Waals surface area (Å²) in [7, 11) is 0. The maximum absolute atomic E-state index is 4.34. The average molecular weight is 160 g/mol. The van der Waals surface area contributed by atoms with Crippen molar-refractivity contribution in [1.82, 2.24) is 9.38 Å². The third kappa shape index (κ3) is 0.843. The molecule has 0 saturated heterocycles. The number of fused-ring (bicyclic) bond motifs is 1. The molecule has 0 atom stereocenters. The third-order valence-corrected chi connectivity index (χ3v) is 2.22. The van der Waals surface area contributed by atoms with Crippen molar-refractivity contribution in [2.45, 2.75) is 20.8 Å². The molecular weight excluding hydrogens is 148 g/mol. The zero-order chi connectivity index (χ0) is 8.72. The molecule has 0 spiro atoms. The van der Waals surface area contributed by atoms with E-state index in [2.05, 4.69) is 42.3 Å². The number of pyridine rings is 1. The zero-order valence-corrected chi connectivity index (χ0v) is 7.63. The predicted molar refractivity (Wildman–Crippen MR) is 49.4 cm³/mol. The maximum Gasteiger partial charge on any atom is 0.140 e. The van der Waals surface area contributed by atoms with Crippen LogP contribution in [0.3, 0.4) is 0 Å². The largest absolute Gasteiger partial charge is 0.301 e. The highest BCUT2D eigenvalue weighted by atomic mass is 15.0. The summed E-state index contributed by atoms with van der Waals surface area (Å²) in [6.07, 6.45) is 1.91. The zero-order valence-electron chi connectivity index (χ0n) is 7.63. The van der Waals surface area contributed by atoms with Crippen LogP contribution in [-0.2, 0) is 0 Å². The van der Waals surface area contributed by atoms with Crippen molar-refractivity contribution in [2.24, 2.45) is 0 Å². The molecular formula is C10H12N2. The van der Waals surface area contributed by atoms with Crippen LogP contribution in [0.4, 0.5) is 0 Å².